The van der Waals surface area contributed by atoms with Crippen molar-refractivity contribution in [3.63, 3.8) is 0 Å². The highest BCUT2D eigenvalue weighted by Crippen LogP contribution is 2.24. The highest BCUT2D eigenvalue weighted by Gasteiger charge is 2.25. The van der Waals surface area contributed by atoms with Crippen LogP contribution in [-0.4, -0.2) is 64.9 Å². The number of aryl methyl sites for hydroxylation is 1. The van der Waals surface area contributed by atoms with Gasteiger partial charge in [0, 0.05) is 19.6 Å². The fraction of sp³-hybridized carbons (Fsp3) is 0.588. The summed E-state index contributed by atoms with van der Waals surface area (Å²) in [5, 5.41) is 3.28. The molecule has 1 aromatic carbocycles. The first-order valence-corrected chi connectivity index (χ1v) is 10.4. The van der Waals surface area contributed by atoms with E-state index in [9.17, 15) is 8.42 Å². The standard InChI is InChI=1S/C17H28N4O3S.HI/c1-4-18-17(19-9-10-20-25(3,22)23)21-11-12-24-16(13-21)15-8-6-5-7-14(15)2;/h5-8,16,20H,4,9-13H2,1-3H3,(H,18,19);1H. The molecule has 9 heteroatoms. The van der Waals surface area contributed by atoms with E-state index in [1.165, 1.54) is 11.1 Å². The maximum atomic E-state index is 11.1. The number of ether oxygens (including phenoxy) is 1. The van der Waals surface area contributed by atoms with E-state index in [1.54, 1.807) is 0 Å². The van der Waals surface area contributed by atoms with Gasteiger partial charge in [0.15, 0.2) is 5.96 Å². The summed E-state index contributed by atoms with van der Waals surface area (Å²) in [7, 11) is -3.18. The van der Waals surface area contributed by atoms with E-state index in [0.29, 0.717) is 19.7 Å². The number of nitrogens with one attached hydrogen (secondary N) is 2. The largest absolute Gasteiger partial charge is 0.370 e. The third-order valence-electron chi connectivity index (χ3n) is 3.97. The predicted molar refractivity (Wildman–Crippen MR) is 116 cm³/mol. The van der Waals surface area contributed by atoms with Crippen molar-refractivity contribution in [3.05, 3.63) is 35.4 Å². The number of halogens is 1. The molecule has 0 amide bonds. The van der Waals surface area contributed by atoms with E-state index < -0.39 is 10.0 Å². The lowest BCUT2D eigenvalue weighted by atomic mass is 10.0. The molecule has 0 spiro atoms. The Kier molecular flexibility index (Phi) is 9.83. The SMILES string of the molecule is CCNC(=NCCNS(C)(=O)=O)N1CCOC(c2ccccc2C)C1.I. The summed E-state index contributed by atoms with van der Waals surface area (Å²) in [5.41, 5.74) is 2.41. The van der Waals surface area contributed by atoms with Crippen molar-refractivity contribution < 1.29 is 13.2 Å². The van der Waals surface area contributed by atoms with Crippen molar-refractivity contribution in [2.75, 3.05) is 45.6 Å². The van der Waals surface area contributed by atoms with Gasteiger partial charge >= 0.3 is 0 Å². The molecule has 0 bridgehead atoms. The van der Waals surface area contributed by atoms with Crippen LogP contribution in [0.25, 0.3) is 0 Å². The second-order valence-corrected chi connectivity index (χ2v) is 7.90. The lowest BCUT2D eigenvalue weighted by molar-refractivity contribution is -0.00832. The number of aliphatic imine (C=N–C) groups is 1. The number of sulfonamides is 1. The molecular formula is C17H29IN4O3S. The van der Waals surface area contributed by atoms with Gasteiger partial charge in [-0.1, -0.05) is 24.3 Å². The third kappa shape index (κ3) is 7.37. The van der Waals surface area contributed by atoms with E-state index in [1.807, 2.05) is 19.1 Å². The van der Waals surface area contributed by atoms with E-state index in [2.05, 4.69) is 39.0 Å². The third-order valence-corrected chi connectivity index (χ3v) is 4.70. The zero-order valence-electron chi connectivity index (χ0n) is 15.6. The van der Waals surface area contributed by atoms with Gasteiger partial charge in [-0.2, -0.15) is 0 Å². The molecule has 0 aliphatic carbocycles. The van der Waals surface area contributed by atoms with E-state index in [4.69, 9.17) is 4.74 Å². The van der Waals surface area contributed by atoms with Crippen LogP contribution in [0.3, 0.4) is 0 Å². The average Bonchev–Trinajstić information content (AvgIpc) is 2.57. The van der Waals surface area contributed by atoms with Crippen molar-refractivity contribution in [2.45, 2.75) is 20.0 Å². The van der Waals surface area contributed by atoms with E-state index in [-0.39, 0.29) is 30.1 Å². The average molecular weight is 496 g/mol. The quantitative estimate of drug-likeness (QED) is 0.270. The molecule has 1 saturated heterocycles. The van der Waals surface area contributed by atoms with E-state index in [0.717, 1.165) is 31.8 Å². The maximum Gasteiger partial charge on any atom is 0.208 e. The molecule has 0 radical (unpaired) electrons. The first kappa shape index (κ1) is 23.1. The lowest BCUT2D eigenvalue weighted by Gasteiger charge is -2.35. The van der Waals surface area contributed by atoms with Gasteiger partial charge in [-0.05, 0) is 25.0 Å². The van der Waals surface area contributed by atoms with Gasteiger partial charge in [-0.15, -0.1) is 24.0 Å². The van der Waals surface area contributed by atoms with Crippen LogP contribution in [0, 0.1) is 6.92 Å². The van der Waals surface area contributed by atoms with Crippen LogP contribution in [0.2, 0.25) is 0 Å². The molecule has 0 saturated carbocycles. The Morgan fingerprint density at radius 1 is 1.38 bits per heavy atom. The van der Waals surface area contributed by atoms with Gasteiger partial charge in [-0.3, -0.25) is 4.99 Å². The number of guanidine groups is 1. The smallest absolute Gasteiger partial charge is 0.208 e. The molecule has 148 valence electrons. The van der Waals surface area contributed by atoms with E-state index >= 15 is 0 Å². The van der Waals surface area contributed by atoms with Crippen LogP contribution in [0.4, 0.5) is 0 Å². The second-order valence-electron chi connectivity index (χ2n) is 6.06. The van der Waals surface area contributed by atoms with Crippen molar-refractivity contribution in [1.29, 1.82) is 0 Å². The van der Waals surface area contributed by atoms with Crippen LogP contribution in [0.15, 0.2) is 29.3 Å². The maximum absolute atomic E-state index is 11.1. The van der Waals surface area contributed by atoms with Crippen molar-refractivity contribution >= 4 is 40.0 Å². The summed E-state index contributed by atoms with van der Waals surface area (Å²) in [6.07, 6.45) is 1.16. The molecular weight excluding hydrogens is 467 g/mol. The Labute approximate surface area is 173 Å². The summed E-state index contributed by atoms with van der Waals surface area (Å²) in [6, 6.07) is 8.25. The predicted octanol–water partition coefficient (Wildman–Crippen LogP) is 1.50. The summed E-state index contributed by atoms with van der Waals surface area (Å²) in [4.78, 5) is 6.71. The van der Waals surface area contributed by atoms with Gasteiger partial charge in [-0.25, -0.2) is 13.1 Å². The minimum atomic E-state index is -3.18. The van der Waals surface area contributed by atoms with Crippen molar-refractivity contribution in [3.8, 4) is 0 Å². The molecule has 1 atom stereocenters. The monoisotopic (exact) mass is 496 g/mol. The molecule has 2 rings (SSSR count). The topological polar surface area (TPSA) is 83.0 Å². The normalized spacial score (nSPS) is 18.3. The summed E-state index contributed by atoms with van der Waals surface area (Å²) >= 11 is 0. The summed E-state index contributed by atoms with van der Waals surface area (Å²) in [6.45, 7) is 7.65. The number of rotatable bonds is 6. The Morgan fingerprint density at radius 3 is 2.77 bits per heavy atom. The van der Waals surface area contributed by atoms with Crippen molar-refractivity contribution in [2.24, 2.45) is 4.99 Å². The minimum Gasteiger partial charge on any atom is -0.370 e. The van der Waals surface area contributed by atoms with Crippen LogP contribution >= 0.6 is 24.0 Å². The molecule has 1 unspecified atom stereocenters. The molecule has 26 heavy (non-hydrogen) atoms. The zero-order chi connectivity index (χ0) is 18.3. The van der Waals surface area contributed by atoms with Crippen LogP contribution in [-0.2, 0) is 14.8 Å². The molecule has 1 heterocycles. The van der Waals surface area contributed by atoms with Crippen molar-refractivity contribution in [1.82, 2.24) is 14.9 Å². The fourth-order valence-electron chi connectivity index (χ4n) is 2.80. The van der Waals surface area contributed by atoms with Gasteiger partial charge in [0.05, 0.1) is 26.0 Å². The Hall–Kier alpha value is -0.910. The highest BCUT2D eigenvalue weighted by molar-refractivity contribution is 14.0. The van der Waals surface area contributed by atoms with Gasteiger partial charge in [0.1, 0.15) is 6.10 Å². The number of hydrogen-bond acceptors (Lipinski definition) is 4. The number of morpholine rings is 1. The Bertz CT molecular complexity index is 697. The zero-order valence-corrected chi connectivity index (χ0v) is 18.7. The van der Waals surface area contributed by atoms with Gasteiger partial charge < -0.3 is 15.0 Å². The molecule has 1 aliphatic heterocycles. The number of benzene rings is 1. The number of hydrogen-bond donors (Lipinski definition) is 2. The van der Waals surface area contributed by atoms with Crippen LogP contribution in [0.1, 0.15) is 24.2 Å². The summed E-state index contributed by atoms with van der Waals surface area (Å²) < 4.78 is 30.7. The Balaban J connectivity index is 0.00000338. The fourth-order valence-corrected chi connectivity index (χ4v) is 3.26. The highest BCUT2D eigenvalue weighted by atomic mass is 127. The van der Waals surface area contributed by atoms with Gasteiger partial charge in [0.25, 0.3) is 0 Å². The molecule has 1 aliphatic rings. The molecule has 1 fully saturated rings. The molecule has 0 aromatic heterocycles. The Morgan fingerprint density at radius 2 is 2.12 bits per heavy atom. The van der Waals surface area contributed by atoms with Crippen LogP contribution < -0.4 is 10.0 Å². The van der Waals surface area contributed by atoms with Crippen LogP contribution in [0.5, 0.6) is 0 Å². The lowest BCUT2D eigenvalue weighted by Crippen LogP contribution is -2.48. The first-order chi connectivity index (χ1) is 11.9. The minimum absolute atomic E-state index is 0. The van der Waals surface area contributed by atoms with Gasteiger partial charge in [0.2, 0.25) is 10.0 Å². The second kappa shape index (κ2) is 11.1. The first-order valence-electron chi connectivity index (χ1n) is 8.55. The summed E-state index contributed by atoms with van der Waals surface area (Å²) in [5.74, 6) is 0.791. The molecule has 7 nitrogen and oxygen atoms in total. The molecule has 2 N–H and O–H groups in total. The number of nitrogens with zero attached hydrogens (tertiary/aromatic N) is 2. The molecule has 1 aromatic rings.